The number of anilines is 1. The van der Waals surface area contributed by atoms with E-state index in [4.69, 9.17) is 4.74 Å². The minimum absolute atomic E-state index is 0.0402. The van der Waals surface area contributed by atoms with Gasteiger partial charge in [-0.1, -0.05) is 6.07 Å². The Morgan fingerprint density at radius 1 is 1.07 bits per heavy atom. The van der Waals surface area contributed by atoms with Gasteiger partial charge < -0.3 is 15.4 Å². The van der Waals surface area contributed by atoms with Crippen LogP contribution < -0.4 is 20.1 Å². The van der Waals surface area contributed by atoms with Gasteiger partial charge in [0.15, 0.2) is 0 Å². The van der Waals surface area contributed by atoms with Crippen LogP contribution in [-0.2, 0) is 14.8 Å². The minimum Gasteiger partial charge on any atom is -0.494 e. The van der Waals surface area contributed by atoms with Crippen molar-refractivity contribution in [1.29, 1.82) is 0 Å². The molecule has 0 spiro atoms. The molecule has 0 unspecified atom stereocenters. The SMILES string of the molecule is CCOc1ccc(NS(=O)(=O)c2cccc(C(=O)NCC(=O)NC(C)C)c2)cc1. The van der Waals surface area contributed by atoms with Gasteiger partial charge in [0, 0.05) is 17.3 Å². The normalized spacial score (nSPS) is 11.0. The Bertz CT molecular complexity index is 956. The van der Waals surface area contributed by atoms with Gasteiger partial charge in [0.25, 0.3) is 15.9 Å². The summed E-state index contributed by atoms with van der Waals surface area (Å²) in [5, 5.41) is 5.13. The van der Waals surface area contributed by atoms with Gasteiger partial charge in [-0.25, -0.2) is 8.42 Å². The molecule has 2 amide bonds. The maximum Gasteiger partial charge on any atom is 0.261 e. The molecule has 0 aliphatic carbocycles. The van der Waals surface area contributed by atoms with E-state index in [1.807, 2.05) is 20.8 Å². The van der Waals surface area contributed by atoms with E-state index in [0.29, 0.717) is 18.0 Å². The number of nitrogens with one attached hydrogen (secondary N) is 3. The van der Waals surface area contributed by atoms with E-state index >= 15 is 0 Å². The molecule has 2 aromatic carbocycles. The average molecular weight is 420 g/mol. The van der Waals surface area contributed by atoms with Crippen molar-refractivity contribution in [3.8, 4) is 5.75 Å². The van der Waals surface area contributed by atoms with Crippen LogP contribution in [-0.4, -0.2) is 39.4 Å². The minimum atomic E-state index is -3.89. The summed E-state index contributed by atoms with van der Waals surface area (Å²) in [5.74, 6) is -0.230. The predicted octanol–water partition coefficient (Wildman–Crippen LogP) is 2.14. The molecule has 0 heterocycles. The molecular weight excluding hydrogens is 394 g/mol. The fraction of sp³-hybridized carbons (Fsp3) is 0.300. The first kappa shape index (κ1) is 22.2. The molecule has 8 nitrogen and oxygen atoms in total. The molecule has 156 valence electrons. The monoisotopic (exact) mass is 419 g/mol. The number of carbonyl (C=O) groups excluding carboxylic acids is 2. The summed E-state index contributed by atoms with van der Waals surface area (Å²) < 4.78 is 33.1. The summed E-state index contributed by atoms with van der Waals surface area (Å²) >= 11 is 0. The molecule has 0 saturated carbocycles. The molecule has 2 rings (SSSR count). The van der Waals surface area contributed by atoms with E-state index in [1.54, 1.807) is 24.3 Å². The van der Waals surface area contributed by atoms with Crippen molar-refractivity contribution in [3.63, 3.8) is 0 Å². The Morgan fingerprint density at radius 3 is 2.38 bits per heavy atom. The average Bonchev–Trinajstić information content (AvgIpc) is 2.67. The van der Waals surface area contributed by atoms with Gasteiger partial charge in [0.05, 0.1) is 18.0 Å². The zero-order chi connectivity index (χ0) is 21.4. The van der Waals surface area contributed by atoms with Gasteiger partial charge in [-0.15, -0.1) is 0 Å². The van der Waals surface area contributed by atoms with Crippen molar-refractivity contribution in [3.05, 3.63) is 54.1 Å². The van der Waals surface area contributed by atoms with E-state index in [0.717, 1.165) is 0 Å². The van der Waals surface area contributed by atoms with Crippen molar-refractivity contribution >= 4 is 27.5 Å². The lowest BCUT2D eigenvalue weighted by atomic mass is 10.2. The largest absolute Gasteiger partial charge is 0.494 e. The van der Waals surface area contributed by atoms with Gasteiger partial charge in [0.1, 0.15) is 5.75 Å². The Morgan fingerprint density at radius 2 is 1.76 bits per heavy atom. The van der Waals surface area contributed by atoms with Crippen molar-refractivity contribution in [2.75, 3.05) is 17.9 Å². The second kappa shape index (κ2) is 9.92. The molecule has 0 aliphatic rings. The number of ether oxygens (including phenoxy) is 1. The molecule has 2 aromatic rings. The Balaban J connectivity index is 2.08. The van der Waals surface area contributed by atoms with E-state index in [1.165, 1.54) is 24.3 Å². The van der Waals surface area contributed by atoms with Gasteiger partial charge in [-0.3, -0.25) is 14.3 Å². The maximum atomic E-state index is 12.6. The summed E-state index contributed by atoms with van der Waals surface area (Å²) in [6.45, 7) is 5.80. The molecule has 0 atom stereocenters. The molecule has 9 heteroatoms. The standard InChI is InChI=1S/C20H25N3O5S/c1-4-28-17-10-8-16(9-11-17)23-29(26,27)18-7-5-6-15(12-18)20(25)21-13-19(24)22-14(2)3/h5-12,14,23H,4,13H2,1-3H3,(H,21,25)(H,22,24). The second-order valence-corrected chi connectivity index (χ2v) is 8.18. The number of sulfonamides is 1. The molecule has 29 heavy (non-hydrogen) atoms. The van der Waals surface area contributed by atoms with Crippen LogP contribution in [0, 0.1) is 0 Å². The molecule has 0 aliphatic heterocycles. The predicted molar refractivity (Wildman–Crippen MR) is 110 cm³/mol. The lowest BCUT2D eigenvalue weighted by Crippen LogP contribution is -2.39. The maximum absolute atomic E-state index is 12.6. The lowest BCUT2D eigenvalue weighted by molar-refractivity contribution is -0.120. The van der Waals surface area contributed by atoms with Crippen LogP contribution in [0.25, 0.3) is 0 Å². The molecule has 0 aromatic heterocycles. The third kappa shape index (κ3) is 6.79. The summed E-state index contributed by atoms with van der Waals surface area (Å²) in [7, 11) is -3.89. The third-order valence-corrected chi connectivity index (χ3v) is 5.06. The fourth-order valence-corrected chi connectivity index (χ4v) is 3.54. The zero-order valence-electron chi connectivity index (χ0n) is 16.6. The Hall–Kier alpha value is -3.07. The highest BCUT2D eigenvalue weighted by Crippen LogP contribution is 2.20. The second-order valence-electron chi connectivity index (χ2n) is 6.50. The fourth-order valence-electron chi connectivity index (χ4n) is 2.44. The van der Waals surface area contributed by atoms with E-state index in [9.17, 15) is 18.0 Å². The number of hydrogen-bond acceptors (Lipinski definition) is 5. The van der Waals surface area contributed by atoms with Crippen LogP contribution in [0.3, 0.4) is 0 Å². The first-order valence-corrected chi connectivity index (χ1v) is 10.6. The molecule has 3 N–H and O–H groups in total. The number of rotatable bonds is 9. The van der Waals surface area contributed by atoms with Crippen molar-refractivity contribution < 1.29 is 22.7 Å². The van der Waals surface area contributed by atoms with Gasteiger partial charge in [-0.05, 0) is 63.2 Å². The Kier molecular flexibility index (Phi) is 7.60. The lowest BCUT2D eigenvalue weighted by Gasteiger charge is -2.11. The van der Waals surface area contributed by atoms with Crippen LogP contribution in [0.15, 0.2) is 53.4 Å². The summed E-state index contributed by atoms with van der Waals surface area (Å²) in [5.41, 5.74) is 0.505. The third-order valence-electron chi connectivity index (χ3n) is 3.68. The zero-order valence-corrected chi connectivity index (χ0v) is 17.4. The van der Waals surface area contributed by atoms with Crippen LogP contribution in [0.1, 0.15) is 31.1 Å². The van der Waals surface area contributed by atoms with Gasteiger partial charge >= 0.3 is 0 Å². The molecule has 0 saturated heterocycles. The van der Waals surface area contributed by atoms with Crippen LogP contribution in [0.2, 0.25) is 0 Å². The summed E-state index contributed by atoms with van der Waals surface area (Å²) in [6, 6.07) is 12.0. The van der Waals surface area contributed by atoms with Crippen molar-refractivity contribution in [2.24, 2.45) is 0 Å². The van der Waals surface area contributed by atoms with E-state index < -0.39 is 15.9 Å². The highest BCUT2D eigenvalue weighted by atomic mass is 32.2. The number of amides is 2. The van der Waals surface area contributed by atoms with Crippen molar-refractivity contribution in [2.45, 2.75) is 31.7 Å². The number of carbonyl (C=O) groups is 2. The van der Waals surface area contributed by atoms with Crippen LogP contribution in [0.5, 0.6) is 5.75 Å². The number of hydrogen-bond donors (Lipinski definition) is 3. The molecule has 0 bridgehead atoms. The molecular formula is C20H25N3O5S. The summed E-state index contributed by atoms with van der Waals surface area (Å²) in [4.78, 5) is 23.8. The van der Waals surface area contributed by atoms with Gasteiger partial charge in [0.2, 0.25) is 5.91 Å². The quantitative estimate of drug-likeness (QED) is 0.576. The van der Waals surface area contributed by atoms with E-state index in [-0.39, 0.29) is 29.0 Å². The van der Waals surface area contributed by atoms with Gasteiger partial charge in [-0.2, -0.15) is 0 Å². The molecule has 0 fully saturated rings. The Labute approximate surface area is 170 Å². The van der Waals surface area contributed by atoms with Crippen molar-refractivity contribution in [1.82, 2.24) is 10.6 Å². The van der Waals surface area contributed by atoms with Crippen LogP contribution >= 0.6 is 0 Å². The smallest absolute Gasteiger partial charge is 0.261 e. The highest BCUT2D eigenvalue weighted by molar-refractivity contribution is 7.92. The number of benzene rings is 2. The topological polar surface area (TPSA) is 114 Å². The first-order chi connectivity index (χ1) is 13.7. The first-order valence-electron chi connectivity index (χ1n) is 9.14. The highest BCUT2D eigenvalue weighted by Gasteiger charge is 2.17. The molecule has 0 radical (unpaired) electrons. The summed E-state index contributed by atoms with van der Waals surface area (Å²) in [6.07, 6.45) is 0. The van der Waals surface area contributed by atoms with Crippen LogP contribution in [0.4, 0.5) is 5.69 Å². The van der Waals surface area contributed by atoms with E-state index in [2.05, 4.69) is 15.4 Å².